The predicted molar refractivity (Wildman–Crippen MR) is 176 cm³/mol. The molecule has 43 heavy (non-hydrogen) atoms. The zero-order valence-electron chi connectivity index (χ0n) is 24.5. The Balaban J connectivity index is 0.00000147. The molecule has 0 amide bonds. The summed E-state index contributed by atoms with van der Waals surface area (Å²) in [6.45, 7) is 4.00. The molecule has 0 saturated heterocycles. The van der Waals surface area contributed by atoms with Crippen molar-refractivity contribution in [3.8, 4) is 17.2 Å². The van der Waals surface area contributed by atoms with Gasteiger partial charge in [0.1, 0.15) is 5.76 Å². The first-order valence-corrected chi connectivity index (χ1v) is 15.1. The first-order valence-electron chi connectivity index (χ1n) is 15.1. The SMILES string of the molecule is C1=CC2=C(CC1)N(c1ccc(Cc3ccc(N4c5ccccc5Oc5ccccc54)cc3)cc1)c1ccccc1O2.CC. The Morgan fingerprint density at radius 3 is 1.56 bits per heavy atom. The molecule has 5 aromatic rings. The number of hydrogen-bond donors (Lipinski definition) is 0. The predicted octanol–water partition coefficient (Wildman–Crippen LogP) is 11.0. The summed E-state index contributed by atoms with van der Waals surface area (Å²) in [7, 11) is 0. The van der Waals surface area contributed by atoms with Crippen LogP contribution in [0.2, 0.25) is 0 Å². The van der Waals surface area contributed by atoms with Crippen molar-refractivity contribution in [2.24, 2.45) is 0 Å². The molecule has 2 heterocycles. The second-order valence-electron chi connectivity index (χ2n) is 10.5. The van der Waals surface area contributed by atoms with E-state index in [1.165, 1.54) is 16.8 Å². The second-order valence-corrected chi connectivity index (χ2v) is 10.5. The molecule has 3 aliphatic rings. The van der Waals surface area contributed by atoms with Crippen LogP contribution in [0.1, 0.15) is 37.8 Å². The molecule has 0 spiro atoms. The van der Waals surface area contributed by atoms with Crippen molar-refractivity contribution < 1.29 is 9.47 Å². The third-order valence-corrected chi connectivity index (χ3v) is 7.93. The Bertz CT molecular complexity index is 1770. The van der Waals surface area contributed by atoms with E-state index < -0.39 is 0 Å². The van der Waals surface area contributed by atoms with E-state index >= 15 is 0 Å². The molecule has 5 aromatic carbocycles. The summed E-state index contributed by atoms with van der Waals surface area (Å²) in [6.07, 6.45) is 7.15. The van der Waals surface area contributed by atoms with Crippen LogP contribution < -0.4 is 19.3 Å². The summed E-state index contributed by atoms with van der Waals surface area (Å²) < 4.78 is 12.4. The fourth-order valence-electron chi connectivity index (χ4n) is 5.98. The average Bonchev–Trinajstić information content (AvgIpc) is 3.08. The summed E-state index contributed by atoms with van der Waals surface area (Å²) in [5.74, 6) is 3.58. The van der Waals surface area contributed by atoms with Crippen LogP contribution in [0.15, 0.2) is 145 Å². The van der Waals surface area contributed by atoms with E-state index in [9.17, 15) is 0 Å². The zero-order valence-corrected chi connectivity index (χ0v) is 24.5. The second kappa shape index (κ2) is 11.6. The van der Waals surface area contributed by atoms with Crippen molar-refractivity contribution in [3.05, 3.63) is 156 Å². The molecular weight excluding hydrogens is 528 g/mol. The van der Waals surface area contributed by atoms with Crippen molar-refractivity contribution in [2.75, 3.05) is 9.80 Å². The lowest BCUT2D eigenvalue weighted by Gasteiger charge is -2.35. The van der Waals surface area contributed by atoms with E-state index in [1.807, 2.05) is 50.2 Å². The topological polar surface area (TPSA) is 24.9 Å². The largest absolute Gasteiger partial charge is 0.453 e. The molecule has 0 unspecified atom stereocenters. The van der Waals surface area contributed by atoms with Crippen LogP contribution in [0.4, 0.5) is 28.4 Å². The van der Waals surface area contributed by atoms with E-state index in [4.69, 9.17) is 9.47 Å². The van der Waals surface area contributed by atoms with E-state index in [0.717, 1.165) is 70.7 Å². The summed E-state index contributed by atoms with van der Waals surface area (Å²) in [5.41, 5.74) is 9.24. The van der Waals surface area contributed by atoms with Gasteiger partial charge in [0.15, 0.2) is 17.2 Å². The number of allylic oxidation sites excluding steroid dienone is 3. The number of rotatable bonds is 4. The molecule has 0 radical (unpaired) electrons. The highest BCUT2D eigenvalue weighted by molar-refractivity contribution is 5.86. The van der Waals surface area contributed by atoms with Gasteiger partial charge in [0.2, 0.25) is 0 Å². The monoisotopic (exact) mass is 562 g/mol. The van der Waals surface area contributed by atoms with Gasteiger partial charge in [-0.25, -0.2) is 0 Å². The molecule has 2 aliphatic heterocycles. The molecule has 0 N–H and O–H groups in total. The quantitative estimate of drug-likeness (QED) is 0.213. The summed E-state index contributed by atoms with van der Waals surface area (Å²) in [5, 5.41) is 0. The van der Waals surface area contributed by atoms with E-state index in [1.54, 1.807) is 0 Å². The molecule has 0 bridgehead atoms. The van der Waals surface area contributed by atoms with Crippen molar-refractivity contribution >= 4 is 28.4 Å². The summed E-state index contributed by atoms with van der Waals surface area (Å²) in [4.78, 5) is 4.63. The lowest BCUT2D eigenvalue weighted by molar-refractivity contribution is 0.421. The van der Waals surface area contributed by atoms with Crippen molar-refractivity contribution in [1.29, 1.82) is 0 Å². The minimum absolute atomic E-state index is 0.866. The van der Waals surface area contributed by atoms with Gasteiger partial charge >= 0.3 is 0 Å². The minimum Gasteiger partial charge on any atom is -0.453 e. The van der Waals surface area contributed by atoms with Crippen LogP contribution >= 0.6 is 0 Å². The number of para-hydroxylation sites is 6. The Labute approximate surface area is 253 Å². The number of anilines is 5. The Morgan fingerprint density at radius 1 is 0.535 bits per heavy atom. The molecule has 4 heteroatoms. The standard InChI is InChI=1S/C37H28N2O2.C2H6/c1-5-13-34-30(9-1)38(31-10-2-6-14-35(31)40-34)28-21-17-26(18-22-28)25-27-19-23-29(24-20-27)39-32-11-3-7-15-36(32)41-37-16-8-4-12-33(37)39;1-2/h1-3,5-11,13-24H,4,12,25H2;1-2H3. The first-order chi connectivity index (χ1) is 21.3. The van der Waals surface area contributed by atoms with Gasteiger partial charge in [-0.1, -0.05) is 80.6 Å². The van der Waals surface area contributed by atoms with Crippen molar-refractivity contribution in [2.45, 2.75) is 33.1 Å². The summed E-state index contributed by atoms with van der Waals surface area (Å²) >= 11 is 0. The lowest BCUT2D eigenvalue weighted by atomic mass is 10.0. The molecule has 0 saturated carbocycles. The number of fused-ring (bicyclic) bond motifs is 3. The lowest BCUT2D eigenvalue weighted by Crippen LogP contribution is -2.25. The van der Waals surface area contributed by atoms with Crippen LogP contribution in [0.25, 0.3) is 0 Å². The third kappa shape index (κ3) is 4.95. The maximum absolute atomic E-state index is 6.22. The average molecular weight is 563 g/mol. The fourth-order valence-corrected chi connectivity index (χ4v) is 5.98. The van der Waals surface area contributed by atoms with Crippen LogP contribution in [0, 0.1) is 0 Å². The fraction of sp³-hybridized carbons (Fsp3) is 0.128. The number of nitrogens with zero attached hydrogens (tertiary/aromatic N) is 2. The van der Waals surface area contributed by atoms with Gasteiger partial charge < -0.3 is 19.3 Å². The van der Waals surface area contributed by atoms with Crippen LogP contribution in [-0.2, 0) is 6.42 Å². The maximum Gasteiger partial charge on any atom is 0.151 e. The highest BCUT2D eigenvalue weighted by atomic mass is 16.5. The Kier molecular flexibility index (Phi) is 7.18. The van der Waals surface area contributed by atoms with Gasteiger partial charge in [-0.15, -0.1) is 0 Å². The number of benzene rings is 5. The van der Waals surface area contributed by atoms with Crippen LogP contribution in [0.5, 0.6) is 17.2 Å². The van der Waals surface area contributed by atoms with E-state index in [-0.39, 0.29) is 0 Å². The zero-order chi connectivity index (χ0) is 29.2. The van der Waals surface area contributed by atoms with Gasteiger partial charge in [-0.05, 0) is 97.1 Å². The number of hydrogen-bond acceptors (Lipinski definition) is 4. The third-order valence-electron chi connectivity index (χ3n) is 7.93. The van der Waals surface area contributed by atoms with Crippen LogP contribution in [-0.4, -0.2) is 0 Å². The van der Waals surface area contributed by atoms with Crippen molar-refractivity contribution in [3.63, 3.8) is 0 Å². The molecule has 1 aliphatic carbocycles. The maximum atomic E-state index is 6.22. The highest BCUT2D eigenvalue weighted by Gasteiger charge is 2.28. The minimum atomic E-state index is 0.866. The summed E-state index contributed by atoms with van der Waals surface area (Å²) in [6, 6.07) is 42.5. The molecule has 0 atom stereocenters. The number of ether oxygens (including phenoxy) is 2. The molecule has 212 valence electrons. The first kappa shape index (κ1) is 26.7. The van der Waals surface area contributed by atoms with Gasteiger partial charge in [0.05, 0.1) is 22.8 Å². The van der Waals surface area contributed by atoms with Gasteiger partial charge in [0.25, 0.3) is 0 Å². The molecule has 0 aromatic heterocycles. The van der Waals surface area contributed by atoms with E-state index in [0.29, 0.717) is 0 Å². The molecule has 4 nitrogen and oxygen atoms in total. The van der Waals surface area contributed by atoms with Gasteiger partial charge in [-0.3, -0.25) is 0 Å². The Morgan fingerprint density at radius 2 is 1.00 bits per heavy atom. The van der Waals surface area contributed by atoms with E-state index in [2.05, 4.69) is 107 Å². The Hall–Kier alpha value is -5.22. The smallest absolute Gasteiger partial charge is 0.151 e. The van der Waals surface area contributed by atoms with Crippen molar-refractivity contribution in [1.82, 2.24) is 0 Å². The molecule has 8 rings (SSSR count). The normalized spacial score (nSPS) is 14.3. The van der Waals surface area contributed by atoms with Gasteiger partial charge in [0, 0.05) is 11.4 Å². The highest BCUT2D eigenvalue weighted by Crippen LogP contribution is 2.50. The van der Waals surface area contributed by atoms with Gasteiger partial charge in [-0.2, -0.15) is 0 Å². The molecular formula is C39H34N2O2. The molecule has 0 fully saturated rings. The van der Waals surface area contributed by atoms with Crippen LogP contribution in [0.3, 0.4) is 0 Å².